The van der Waals surface area contributed by atoms with E-state index in [0.717, 1.165) is 139 Å². The minimum absolute atomic E-state index is 0.235. The Kier molecular flexibility index (Phi) is 23.4. The first-order valence-electron chi connectivity index (χ1n) is 36.2. The van der Waals surface area contributed by atoms with Crippen LogP contribution in [0.15, 0.2) is 267 Å². The first kappa shape index (κ1) is 71.9. The Bertz CT molecular complexity index is 4720. The normalized spacial score (nSPS) is 13.3. The Morgan fingerprint density at radius 1 is 0.265 bits per heavy atom. The lowest BCUT2D eigenvalue weighted by Crippen LogP contribution is -2.49. The maximum atomic E-state index is 16.4. The molecule has 0 aromatic heterocycles. The summed E-state index contributed by atoms with van der Waals surface area (Å²) in [6, 6.07) is 83.1. The van der Waals surface area contributed by atoms with Crippen LogP contribution in [0.2, 0.25) is 0 Å². The molecule has 12 aromatic rings. The fourth-order valence-electron chi connectivity index (χ4n) is 15.6. The third-order valence-corrected chi connectivity index (χ3v) is 21.0. The van der Waals surface area contributed by atoms with Gasteiger partial charge in [-0.2, -0.15) is 0 Å². The van der Waals surface area contributed by atoms with Gasteiger partial charge in [-0.3, -0.25) is 0 Å². The van der Waals surface area contributed by atoms with E-state index in [1.54, 1.807) is 0 Å². The number of halogens is 8. The van der Waals surface area contributed by atoms with Crippen molar-refractivity contribution in [1.29, 1.82) is 0 Å². The molecule has 0 amide bonds. The Balaban J connectivity index is 1.23. The summed E-state index contributed by atoms with van der Waals surface area (Å²) in [5.41, 5.74) is 14.9. The highest BCUT2D eigenvalue weighted by Crippen LogP contribution is 2.64. The first-order valence-corrected chi connectivity index (χ1v) is 36.2. The lowest BCUT2D eigenvalue weighted by molar-refractivity contribution is 0.194. The molecule has 0 aliphatic carbocycles. The maximum Gasteiger partial charge on any atom is 0.133 e. The van der Waals surface area contributed by atoms with Gasteiger partial charge in [-0.15, -0.1) is 0 Å². The minimum Gasteiger partial charge on any atom is -0.207 e. The van der Waals surface area contributed by atoms with E-state index in [4.69, 9.17) is 0 Å². The Hall–Kier alpha value is -9.92. The summed E-state index contributed by atoms with van der Waals surface area (Å²) in [6.07, 6.45) is 10.7. The molecule has 5 unspecified atom stereocenters. The highest BCUT2D eigenvalue weighted by Gasteiger charge is 2.56. The molecule has 8 heteroatoms. The van der Waals surface area contributed by atoms with Crippen LogP contribution in [0, 0.1) is 46.5 Å². The van der Waals surface area contributed by atoms with Gasteiger partial charge in [0, 0.05) is 57.9 Å². The second kappa shape index (κ2) is 33.3. The summed E-state index contributed by atoms with van der Waals surface area (Å²) in [4.78, 5) is 0. The van der Waals surface area contributed by atoms with Gasteiger partial charge >= 0.3 is 0 Å². The van der Waals surface area contributed by atoms with Crippen LogP contribution in [0.5, 0.6) is 0 Å². The van der Waals surface area contributed by atoms with Gasteiger partial charge in [0.1, 0.15) is 46.5 Å². The zero-order chi connectivity index (χ0) is 71.3. The van der Waals surface area contributed by atoms with Crippen molar-refractivity contribution in [3.05, 3.63) is 380 Å². The second-order valence-corrected chi connectivity index (χ2v) is 27.5. The number of hydrogen-bond acceptors (Lipinski definition) is 0. The predicted octanol–water partition coefficient (Wildman–Crippen LogP) is 26.2. The summed E-state index contributed by atoms with van der Waals surface area (Å²) >= 11 is 0. The van der Waals surface area contributed by atoms with Crippen molar-refractivity contribution in [3.63, 3.8) is 0 Å². The van der Waals surface area contributed by atoms with Crippen LogP contribution in [0.4, 0.5) is 35.1 Å². The Labute approximate surface area is 596 Å². The smallest absolute Gasteiger partial charge is 0.133 e. The molecule has 518 valence electrons. The van der Waals surface area contributed by atoms with Crippen molar-refractivity contribution >= 4 is 0 Å². The van der Waals surface area contributed by atoms with Crippen LogP contribution in [-0.4, -0.2) is 0 Å². The van der Waals surface area contributed by atoms with E-state index < -0.39 is 75.6 Å². The zero-order valence-electron chi connectivity index (χ0n) is 58.4. The number of rotatable bonds is 29. The average molecular weight is 1370 g/mol. The number of aryl methyl sites for hydroxylation is 4. The van der Waals surface area contributed by atoms with Gasteiger partial charge in [-0.25, -0.2) is 35.1 Å². The molecule has 0 saturated heterocycles. The van der Waals surface area contributed by atoms with Gasteiger partial charge in [0.15, 0.2) is 0 Å². The molecule has 12 aromatic carbocycles. The molecule has 0 radical (unpaired) electrons. The third-order valence-electron chi connectivity index (χ3n) is 21.0. The lowest BCUT2D eigenvalue weighted by atomic mass is 9.47. The summed E-state index contributed by atoms with van der Waals surface area (Å²) in [6.45, 7) is 8.72. The molecule has 102 heavy (non-hydrogen) atoms. The van der Waals surface area contributed by atoms with Crippen LogP contribution in [0.25, 0.3) is 44.5 Å². The number of unbranched alkanes of at least 4 members (excludes halogenated alkanes) is 3. The Morgan fingerprint density at radius 2 is 0.578 bits per heavy atom. The number of benzene rings is 12. The van der Waals surface area contributed by atoms with E-state index in [-0.39, 0.29) is 22.3 Å². The molecule has 0 aliphatic heterocycles. The van der Waals surface area contributed by atoms with E-state index in [0.29, 0.717) is 41.5 Å². The molecule has 0 spiro atoms. The van der Waals surface area contributed by atoms with Gasteiger partial charge in [0.25, 0.3) is 0 Å². The van der Waals surface area contributed by atoms with Gasteiger partial charge in [-0.1, -0.05) is 248 Å². The highest BCUT2D eigenvalue weighted by molar-refractivity contribution is 5.69. The topological polar surface area (TPSA) is 0 Å². The van der Waals surface area contributed by atoms with Crippen LogP contribution in [0.1, 0.15) is 157 Å². The van der Waals surface area contributed by atoms with Gasteiger partial charge < -0.3 is 0 Å². The van der Waals surface area contributed by atoms with E-state index in [2.05, 4.69) is 173 Å². The van der Waals surface area contributed by atoms with Crippen LogP contribution in [0.3, 0.4) is 0 Å². The second-order valence-electron chi connectivity index (χ2n) is 27.5. The molecule has 0 fully saturated rings. The minimum atomic E-state index is -1.16. The summed E-state index contributed by atoms with van der Waals surface area (Å²) in [7, 11) is 0. The van der Waals surface area contributed by atoms with E-state index in [9.17, 15) is 17.6 Å². The lowest BCUT2D eigenvalue weighted by Gasteiger charge is -2.55. The van der Waals surface area contributed by atoms with Gasteiger partial charge in [-0.05, 0) is 213 Å². The first-order chi connectivity index (χ1) is 49.6. The highest BCUT2D eigenvalue weighted by atomic mass is 19.2. The fraction of sp³-hybridized carbons (Fsp3) is 0.234. The zero-order valence-corrected chi connectivity index (χ0v) is 58.4. The van der Waals surface area contributed by atoms with Gasteiger partial charge in [0.05, 0.1) is 0 Å². The molecule has 0 bridgehead atoms. The maximum absolute atomic E-state index is 16.4. The molecular formula is C94H86F8. The van der Waals surface area contributed by atoms with Gasteiger partial charge in [0.2, 0.25) is 0 Å². The molecule has 0 heterocycles. The molecule has 0 aliphatic rings. The summed E-state index contributed by atoms with van der Waals surface area (Å²) in [5, 5.41) is 0. The third kappa shape index (κ3) is 16.5. The molecule has 0 saturated carbocycles. The number of hydrogen-bond donors (Lipinski definition) is 0. The fourth-order valence-corrected chi connectivity index (χ4v) is 15.6. The summed E-state index contributed by atoms with van der Waals surface area (Å²) < 4.78 is 123. The molecule has 0 N–H and O–H groups in total. The van der Waals surface area contributed by atoms with E-state index >= 15 is 17.6 Å². The molecule has 5 atom stereocenters. The van der Waals surface area contributed by atoms with Crippen molar-refractivity contribution in [2.45, 2.75) is 140 Å². The molecule has 12 rings (SSSR count). The quantitative estimate of drug-likeness (QED) is 0.0324. The largest absolute Gasteiger partial charge is 0.207 e. The van der Waals surface area contributed by atoms with Crippen LogP contribution < -0.4 is 0 Å². The van der Waals surface area contributed by atoms with Crippen LogP contribution >= 0.6 is 0 Å². The summed E-state index contributed by atoms with van der Waals surface area (Å²) in [5.74, 6) is -7.34. The molecular weight excluding hydrogens is 1280 g/mol. The van der Waals surface area contributed by atoms with Crippen LogP contribution in [-0.2, 0) is 50.4 Å². The van der Waals surface area contributed by atoms with E-state index in [1.807, 2.05) is 48.5 Å². The monoisotopic (exact) mass is 1370 g/mol. The predicted molar refractivity (Wildman–Crippen MR) is 402 cm³/mol. The van der Waals surface area contributed by atoms with Crippen molar-refractivity contribution < 1.29 is 35.1 Å². The van der Waals surface area contributed by atoms with Crippen molar-refractivity contribution in [2.24, 2.45) is 0 Å². The molecule has 0 nitrogen and oxygen atoms in total. The average Bonchev–Trinajstić information content (AvgIpc) is 0.707. The Morgan fingerprint density at radius 3 is 0.931 bits per heavy atom. The van der Waals surface area contributed by atoms with Crippen molar-refractivity contribution in [1.82, 2.24) is 0 Å². The van der Waals surface area contributed by atoms with E-state index in [1.165, 1.54) is 65.2 Å². The standard InChI is InChI=1S/C94H86F8/c1-5-9-11-14-65-21-41-76(42-22-65)93(86(73-29-15-62(8-4)16-30-73)55-66-23-31-69(32-24-66)82-51-47-78(95)58-89(82)99)94(77-45-43-72(44-46-77)85-54-50-81(98)61-92(85)102,87(74-37-17-63(12-7-3)18-38-74)56-67-25-33-70(34-26-67)83-52-48-79(96)59-90(83)100)88(75-39-19-64(20-40-75)13-10-6-2)57-68-27-35-71(36-28-68)84-53-49-80(97)60-91(84)101/h15-54,58-61,86-88,93H,5-14,55-57H2,1-4H3. The van der Waals surface area contributed by atoms with Crippen molar-refractivity contribution in [3.8, 4) is 44.5 Å². The SMILES string of the molecule is CCCCCc1ccc(C(C(Cc2ccc(-c3ccc(F)cc3F)cc2)c2ccc(CC)cc2)C(c2ccc(-c3ccc(F)cc3F)cc2)(C(Cc2ccc(-c3ccc(F)cc3F)cc2)c2ccc(CCC)cc2)C(Cc2ccc(-c3ccc(F)cc3F)cc2)c2ccc(CCCC)cc2)cc1. The van der Waals surface area contributed by atoms with Crippen molar-refractivity contribution in [2.75, 3.05) is 0 Å².